The molecule has 158 valence electrons. The fraction of sp³-hybridized carbons (Fsp3) is 0.238. The number of halogens is 4. The SMILES string of the molecule is CC(C)(C)Oc1ccc(Nc2ncc(C(F)(F)F)c(Nc3ccc(Br)cc3)n2)cc1. The third-order valence-electron chi connectivity index (χ3n) is 3.74. The van der Waals surface area contributed by atoms with Crippen molar-refractivity contribution in [2.45, 2.75) is 32.5 Å². The van der Waals surface area contributed by atoms with Crippen LogP contribution in [0, 0.1) is 0 Å². The summed E-state index contributed by atoms with van der Waals surface area (Å²) >= 11 is 3.29. The molecule has 2 N–H and O–H groups in total. The highest BCUT2D eigenvalue weighted by Crippen LogP contribution is 2.35. The molecule has 0 aliphatic rings. The van der Waals surface area contributed by atoms with E-state index in [4.69, 9.17) is 4.74 Å². The molecule has 0 aliphatic heterocycles. The van der Waals surface area contributed by atoms with Crippen molar-refractivity contribution in [1.82, 2.24) is 9.97 Å². The van der Waals surface area contributed by atoms with Gasteiger partial charge in [-0.25, -0.2) is 4.98 Å². The molecule has 0 unspecified atom stereocenters. The van der Waals surface area contributed by atoms with Crippen LogP contribution in [0.15, 0.2) is 59.2 Å². The zero-order valence-electron chi connectivity index (χ0n) is 16.5. The van der Waals surface area contributed by atoms with Crippen LogP contribution in [0.25, 0.3) is 0 Å². The van der Waals surface area contributed by atoms with E-state index in [9.17, 15) is 13.2 Å². The first-order valence-corrected chi connectivity index (χ1v) is 9.82. The van der Waals surface area contributed by atoms with Gasteiger partial charge < -0.3 is 15.4 Å². The Morgan fingerprint density at radius 1 is 0.867 bits per heavy atom. The molecule has 9 heteroatoms. The minimum atomic E-state index is -4.60. The Bertz CT molecular complexity index is 1000. The van der Waals surface area contributed by atoms with Crippen molar-refractivity contribution < 1.29 is 17.9 Å². The predicted molar refractivity (Wildman–Crippen MR) is 115 cm³/mol. The fourth-order valence-corrected chi connectivity index (χ4v) is 2.77. The Hall–Kier alpha value is -2.81. The van der Waals surface area contributed by atoms with Crippen molar-refractivity contribution in [2.75, 3.05) is 10.6 Å². The number of hydrogen-bond donors (Lipinski definition) is 2. The number of nitrogens with one attached hydrogen (secondary N) is 2. The van der Waals surface area contributed by atoms with Crippen LogP contribution >= 0.6 is 15.9 Å². The molecule has 5 nitrogen and oxygen atoms in total. The first kappa shape index (κ1) is 21.9. The topological polar surface area (TPSA) is 59.1 Å². The first-order valence-electron chi connectivity index (χ1n) is 9.02. The minimum absolute atomic E-state index is 0.0344. The average Bonchev–Trinajstić information content (AvgIpc) is 2.63. The summed E-state index contributed by atoms with van der Waals surface area (Å²) in [5.41, 5.74) is -0.202. The second-order valence-corrected chi connectivity index (χ2v) is 8.37. The largest absolute Gasteiger partial charge is 0.488 e. The lowest BCUT2D eigenvalue weighted by Gasteiger charge is -2.21. The van der Waals surface area contributed by atoms with Crippen molar-refractivity contribution in [3.8, 4) is 5.75 Å². The number of aromatic nitrogens is 2. The summed E-state index contributed by atoms with van der Waals surface area (Å²) in [6, 6.07) is 13.7. The van der Waals surface area contributed by atoms with Gasteiger partial charge in [0, 0.05) is 22.0 Å². The molecule has 0 radical (unpaired) electrons. The van der Waals surface area contributed by atoms with E-state index < -0.39 is 11.7 Å². The van der Waals surface area contributed by atoms with Crippen LogP contribution in [0.3, 0.4) is 0 Å². The van der Waals surface area contributed by atoms with Crippen molar-refractivity contribution in [1.29, 1.82) is 0 Å². The molecule has 0 spiro atoms. The summed E-state index contributed by atoms with van der Waals surface area (Å²) in [6.07, 6.45) is -3.84. The van der Waals surface area contributed by atoms with Gasteiger partial charge in [-0.2, -0.15) is 18.2 Å². The lowest BCUT2D eigenvalue weighted by Crippen LogP contribution is -2.22. The monoisotopic (exact) mass is 480 g/mol. The van der Waals surface area contributed by atoms with Gasteiger partial charge in [-0.15, -0.1) is 0 Å². The van der Waals surface area contributed by atoms with Gasteiger partial charge >= 0.3 is 6.18 Å². The molecule has 30 heavy (non-hydrogen) atoms. The molecule has 1 heterocycles. The van der Waals surface area contributed by atoms with Crippen LogP contribution in [0.2, 0.25) is 0 Å². The molecule has 0 bridgehead atoms. The maximum atomic E-state index is 13.4. The highest BCUT2D eigenvalue weighted by atomic mass is 79.9. The standard InChI is InChI=1S/C21H20BrF3N4O/c1-20(2,3)30-16-10-8-15(9-11-16)28-19-26-12-17(21(23,24)25)18(29-19)27-14-6-4-13(22)5-7-14/h4-12H,1-3H3,(H2,26,27,28,29). The second kappa shape index (κ2) is 8.51. The summed E-state index contributed by atoms with van der Waals surface area (Å²) in [5.74, 6) is 0.376. The van der Waals surface area contributed by atoms with E-state index >= 15 is 0 Å². The first-order chi connectivity index (χ1) is 14.0. The van der Waals surface area contributed by atoms with Crippen molar-refractivity contribution in [2.24, 2.45) is 0 Å². The molecule has 0 atom stereocenters. The molecular weight excluding hydrogens is 461 g/mol. The molecule has 3 rings (SSSR count). The van der Waals surface area contributed by atoms with E-state index in [2.05, 4.69) is 36.5 Å². The number of nitrogens with zero attached hydrogens (tertiary/aromatic N) is 2. The Balaban J connectivity index is 1.84. The third-order valence-corrected chi connectivity index (χ3v) is 4.26. The van der Waals surface area contributed by atoms with Gasteiger partial charge in [0.25, 0.3) is 0 Å². The normalized spacial score (nSPS) is 11.8. The fourth-order valence-electron chi connectivity index (χ4n) is 2.50. The van der Waals surface area contributed by atoms with Gasteiger partial charge in [0.1, 0.15) is 22.7 Å². The van der Waals surface area contributed by atoms with Crippen molar-refractivity contribution in [3.63, 3.8) is 0 Å². The zero-order chi connectivity index (χ0) is 21.9. The van der Waals surface area contributed by atoms with Gasteiger partial charge in [-0.1, -0.05) is 15.9 Å². The smallest absolute Gasteiger partial charge is 0.421 e. The van der Waals surface area contributed by atoms with Gasteiger partial charge in [0.05, 0.1) is 0 Å². The number of ether oxygens (including phenoxy) is 1. The maximum absolute atomic E-state index is 13.4. The predicted octanol–water partition coefficient (Wildman–Crippen LogP) is 6.92. The molecular formula is C21H20BrF3N4O. The second-order valence-electron chi connectivity index (χ2n) is 7.45. The zero-order valence-corrected chi connectivity index (χ0v) is 18.1. The lowest BCUT2D eigenvalue weighted by molar-refractivity contribution is -0.137. The number of alkyl halides is 3. The molecule has 2 aromatic carbocycles. The minimum Gasteiger partial charge on any atom is -0.488 e. The molecule has 0 amide bonds. The van der Waals surface area contributed by atoms with Gasteiger partial charge in [0.15, 0.2) is 0 Å². The molecule has 0 saturated carbocycles. The van der Waals surface area contributed by atoms with Gasteiger partial charge in [-0.3, -0.25) is 0 Å². The van der Waals surface area contributed by atoms with E-state index in [0.29, 0.717) is 17.1 Å². The number of anilines is 4. The Kier molecular flexibility index (Phi) is 6.21. The summed E-state index contributed by atoms with van der Waals surface area (Å²) in [4.78, 5) is 7.86. The molecule has 1 aromatic heterocycles. The van der Waals surface area contributed by atoms with E-state index in [0.717, 1.165) is 10.7 Å². The van der Waals surface area contributed by atoms with E-state index in [1.807, 2.05) is 20.8 Å². The van der Waals surface area contributed by atoms with Crippen LogP contribution in [-0.4, -0.2) is 15.6 Å². The summed E-state index contributed by atoms with van der Waals surface area (Å²) in [7, 11) is 0. The molecule has 3 aromatic rings. The van der Waals surface area contributed by atoms with Crippen LogP contribution in [0.5, 0.6) is 5.75 Å². The molecule has 0 fully saturated rings. The third kappa shape index (κ3) is 6.09. The van der Waals surface area contributed by atoms with Gasteiger partial charge in [0.2, 0.25) is 5.95 Å². The highest BCUT2D eigenvalue weighted by Gasteiger charge is 2.35. The van der Waals surface area contributed by atoms with Crippen molar-refractivity contribution >= 4 is 39.1 Å². The maximum Gasteiger partial charge on any atom is 0.421 e. The van der Waals surface area contributed by atoms with Crippen LogP contribution in [0.1, 0.15) is 26.3 Å². The Labute approximate surface area is 180 Å². The van der Waals surface area contributed by atoms with E-state index in [-0.39, 0.29) is 17.4 Å². The van der Waals surface area contributed by atoms with E-state index in [1.165, 1.54) is 0 Å². The van der Waals surface area contributed by atoms with Gasteiger partial charge in [-0.05, 0) is 69.3 Å². The Morgan fingerprint density at radius 3 is 2.00 bits per heavy atom. The lowest BCUT2D eigenvalue weighted by atomic mass is 10.2. The van der Waals surface area contributed by atoms with Crippen LogP contribution in [0.4, 0.5) is 36.3 Å². The summed E-state index contributed by atoms with van der Waals surface area (Å²) in [5, 5.41) is 5.63. The average molecular weight is 481 g/mol. The summed E-state index contributed by atoms with van der Waals surface area (Å²) < 4.78 is 46.7. The Morgan fingerprint density at radius 2 is 1.43 bits per heavy atom. The summed E-state index contributed by atoms with van der Waals surface area (Å²) in [6.45, 7) is 5.82. The van der Waals surface area contributed by atoms with E-state index in [1.54, 1.807) is 48.5 Å². The number of rotatable bonds is 5. The van der Waals surface area contributed by atoms with Crippen LogP contribution in [-0.2, 0) is 6.18 Å². The number of benzene rings is 2. The van der Waals surface area contributed by atoms with Crippen LogP contribution < -0.4 is 15.4 Å². The quantitative estimate of drug-likeness (QED) is 0.414. The highest BCUT2D eigenvalue weighted by molar-refractivity contribution is 9.10. The molecule has 0 saturated heterocycles. The molecule has 0 aliphatic carbocycles. The number of hydrogen-bond acceptors (Lipinski definition) is 5. The van der Waals surface area contributed by atoms with Crippen molar-refractivity contribution in [3.05, 3.63) is 64.8 Å².